The van der Waals surface area contributed by atoms with E-state index in [1.54, 1.807) is 37.3 Å². The van der Waals surface area contributed by atoms with E-state index < -0.39 is 23.3 Å². The second-order valence-electron chi connectivity index (χ2n) is 8.66. The zero-order valence-electron chi connectivity index (χ0n) is 19.1. The summed E-state index contributed by atoms with van der Waals surface area (Å²) < 4.78 is 15.0. The number of nitrogens with one attached hydrogen (secondary N) is 1. The van der Waals surface area contributed by atoms with Gasteiger partial charge in [-0.05, 0) is 64.7 Å². The number of carbonyl (C=O) groups excluding carboxylic acids is 2. The van der Waals surface area contributed by atoms with Crippen LogP contribution < -0.4 is 5.32 Å². The summed E-state index contributed by atoms with van der Waals surface area (Å²) in [7, 11) is 0. The summed E-state index contributed by atoms with van der Waals surface area (Å²) in [6, 6.07) is 17.9. The van der Waals surface area contributed by atoms with Crippen molar-refractivity contribution in [2.75, 3.05) is 5.32 Å². The van der Waals surface area contributed by atoms with Gasteiger partial charge in [0.05, 0.1) is 11.9 Å². The lowest BCUT2D eigenvalue weighted by molar-refractivity contribution is -0.142. The minimum absolute atomic E-state index is 0.0233. The standard InChI is InChI=1S/C27H21ClFN3O2S2/c1-16-11-20(14-30-25(16)29)31-19-6-4-5-17(12-19)27(18-9-10-36-15-18)13-23(33)24(26(34)32(27)35)21-7-2-3-8-22(21)28/h2-12,14-15,24,31,35H,13H2,1H3. The first-order chi connectivity index (χ1) is 17.3. The second-order valence-corrected chi connectivity index (χ2v) is 10.2. The Kier molecular flexibility index (Phi) is 6.59. The fourth-order valence-corrected chi connectivity index (χ4v) is 6.04. The highest BCUT2D eigenvalue weighted by atomic mass is 35.5. The van der Waals surface area contributed by atoms with Crippen molar-refractivity contribution in [3.8, 4) is 0 Å². The van der Waals surface area contributed by atoms with Gasteiger partial charge in [-0.2, -0.15) is 15.7 Å². The van der Waals surface area contributed by atoms with E-state index in [0.717, 1.165) is 5.56 Å². The molecule has 1 saturated heterocycles. The summed E-state index contributed by atoms with van der Waals surface area (Å²) in [6.07, 6.45) is 1.44. The number of anilines is 2. The predicted octanol–water partition coefficient (Wildman–Crippen LogP) is 6.66. The average Bonchev–Trinajstić information content (AvgIpc) is 3.41. The molecule has 36 heavy (non-hydrogen) atoms. The number of aromatic nitrogens is 1. The smallest absolute Gasteiger partial charge is 0.248 e. The van der Waals surface area contributed by atoms with Crippen molar-refractivity contribution >= 4 is 58.8 Å². The van der Waals surface area contributed by atoms with Gasteiger partial charge in [-0.15, -0.1) is 0 Å². The summed E-state index contributed by atoms with van der Waals surface area (Å²) in [5.74, 6) is -2.23. The van der Waals surface area contributed by atoms with Crippen LogP contribution >= 0.6 is 35.8 Å². The molecule has 1 aliphatic rings. The third-order valence-corrected chi connectivity index (χ3v) is 7.99. The number of hydrogen-bond donors (Lipinski definition) is 2. The first-order valence-electron chi connectivity index (χ1n) is 11.1. The van der Waals surface area contributed by atoms with Crippen molar-refractivity contribution in [1.29, 1.82) is 0 Å². The Morgan fingerprint density at radius 1 is 1.11 bits per heavy atom. The molecule has 0 aliphatic carbocycles. The molecule has 1 amide bonds. The van der Waals surface area contributed by atoms with Crippen molar-refractivity contribution in [3.05, 3.63) is 111 Å². The van der Waals surface area contributed by atoms with Crippen LogP contribution in [-0.2, 0) is 15.1 Å². The summed E-state index contributed by atoms with van der Waals surface area (Å²) in [6.45, 7) is 1.64. The highest BCUT2D eigenvalue weighted by Crippen LogP contribution is 2.48. The second kappa shape index (κ2) is 9.69. The number of piperidine rings is 1. The van der Waals surface area contributed by atoms with Crippen molar-refractivity contribution in [2.45, 2.75) is 24.8 Å². The molecule has 0 spiro atoms. The molecule has 3 heterocycles. The third-order valence-electron chi connectivity index (χ3n) is 6.43. The van der Waals surface area contributed by atoms with E-state index in [4.69, 9.17) is 24.4 Å². The van der Waals surface area contributed by atoms with Gasteiger partial charge in [-0.3, -0.25) is 13.9 Å². The fourth-order valence-electron chi connectivity index (χ4n) is 4.66. The van der Waals surface area contributed by atoms with Gasteiger partial charge in [-0.25, -0.2) is 4.98 Å². The van der Waals surface area contributed by atoms with E-state index in [1.165, 1.54) is 21.8 Å². The van der Waals surface area contributed by atoms with Gasteiger partial charge in [0.1, 0.15) is 11.5 Å². The quantitative estimate of drug-likeness (QED) is 0.170. The molecule has 4 aromatic rings. The van der Waals surface area contributed by atoms with E-state index in [2.05, 4.69) is 10.3 Å². The molecule has 2 aromatic carbocycles. The van der Waals surface area contributed by atoms with Crippen LogP contribution in [0.2, 0.25) is 5.02 Å². The number of ketones is 1. The maximum absolute atomic E-state index is 13.7. The zero-order chi connectivity index (χ0) is 25.4. The van der Waals surface area contributed by atoms with E-state index in [-0.39, 0.29) is 12.2 Å². The molecule has 0 saturated carbocycles. The van der Waals surface area contributed by atoms with Crippen LogP contribution in [-0.4, -0.2) is 21.0 Å². The summed E-state index contributed by atoms with van der Waals surface area (Å²) >= 11 is 12.5. The highest BCUT2D eigenvalue weighted by molar-refractivity contribution is 7.78. The lowest BCUT2D eigenvalue weighted by Gasteiger charge is -2.46. The molecule has 5 nitrogen and oxygen atoms in total. The molecule has 0 bridgehead atoms. The first kappa shape index (κ1) is 24.5. The molecule has 9 heteroatoms. The van der Waals surface area contributed by atoms with Gasteiger partial charge in [0.15, 0.2) is 5.78 Å². The molecule has 2 aromatic heterocycles. The number of amides is 1. The number of thiophene rings is 1. The van der Waals surface area contributed by atoms with Crippen LogP contribution in [0.15, 0.2) is 77.6 Å². The van der Waals surface area contributed by atoms with Crippen LogP contribution in [0.1, 0.15) is 34.6 Å². The van der Waals surface area contributed by atoms with Gasteiger partial charge in [0.25, 0.3) is 0 Å². The van der Waals surface area contributed by atoms with Gasteiger partial charge in [-0.1, -0.05) is 54.7 Å². The number of pyridine rings is 1. The number of Topliss-reactive ketones (excluding diaryl/α,β-unsaturated/α-hetero) is 1. The van der Waals surface area contributed by atoms with E-state index in [0.29, 0.717) is 33.1 Å². The Morgan fingerprint density at radius 2 is 1.92 bits per heavy atom. The Bertz CT molecular complexity index is 1460. The van der Waals surface area contributed by atoms with E-state index >= 15 is 0 Å². The first-order valence-corrected chi connectivity index (χ1v) is 12.9. The summed E-state index contributed by atoms with van der Waals surface area (Å²) in [4.78, 5) is 31.1. The Balaban J connectivity index is 1.58. The monoisotopic (exact) mass is 537 g/mol. The van der Waals surface area contributed by atoms with Crippen LogP contribution in [0.4, 0.5) is 15.8 Å². The normalized spacial score (nSPS) is 20.0. The van der Waals surface area contributed by atoms with Crippen LogP contribution in [0.25, 0.3) is 0 Å². The highest BCUT2D eigenvalue weighted by Gasteiger charge is 2.52. The molecule has 1 N–H and O–H groups in total. The summed E-state index contributed by atoms with van der Waals surface area (Å²) in [5, 5.41) is 7.43. The Morgan fingerprint density at radius 3 is 2.64 bits per heavy atom. The largest absolute Gasteiger partial charge is 0.354 e. The van der Waals surface area contributed by atoms with Crippen LogP contribution in [0.5, 0.6) is 0 Å². The van der Waals surface area contributed by atoms with Gasteiger partial charge < -0.3 is 5.32 Å². The maximum Gasteiger partial charge on any atom is 0.248 e. The lowest BCUT2D eigenvalue weighted by Crippen LogP contribution is -2.54. The van der Waals surface area contributed by atoms with Crippen molar-refractivity contribution in [2.24, 2.45) is 0 Å². The topological polar surface area (TPSA) is 62.3 Å². The lowest BCUT2D eigenvalue weighted by atomic mass is 9.73. The van der Waals surface area contributed by atoms with Crippen molar-refractivity contribution in [1.82, 2.24) is 9.29 Å². The van der Waals surface area contributed by atoms with Crippen LogP contribution in [0.3, 0.4) is 0 Å². The minimum Gasteiger partial charge on any atom is -0.354 e. The predicted molar refractivity (Wildman–Crippen MR) is 143 cm³/mol. The van der Waals surface area contributed by atoms with E-state index in [1.807, 2.05) is 41.1 Å². The number of aryl methyl sites for hydroxylation is 1. The molecule has 2 atom stereocenters. The summed E-state index contributed by atoms with van der Waals surface area (Å²) in [5.41, 5.74) is 2.59. The minimum atomic E-state index is -1.12. The van der Waals surface area contributed by atoms with Gasteiger partial charge in [0, 0.05) is 22.7 Å². The molecular weight excluding hydrogens is 517 g/mol. The number of rotatable bonds is 5. The Hall–Kier alpha value is -3.20. The number of carbonyl (C=O) groups is 2. The molecule has 0 radical (unpaired) electrons. The number of nitrogens with zero attached hydrogens (tertiary/aromatic N) is 2. The molecule has 2 unspecified atom stereocenters. The molecule has 182 valence electrons. The zero-order valence-corrected chi connectivity index (χ0v) is 21.6. The van der Waals surface area contributed by atoms with Gasteiger partial charge in [0.2, 0.25) is 11.9 Å². The number of thiol groups is 1. The van der Waals surface area contributed by atoms with E-state index in [9.17, 15) is 14.0 Å². The number of halogens is 2. The van der Waals surface area contributed by atoms with Crippen molar-refractivity contribution in [3.63, 3.8) is 0 Å². The van der Waals surface area contributed by atoms with Crippen LogP contribution in [0, 0.1) is 12.9 Å². The third kappa shape index (κ3) is 4.19. The number of benzene rings is 2. The molecular formula is C27H21ClFN3O2S2. The average molecular weight is 538 g/mol. The SMILES string of the molecule is Cc1cc(Nc2cccc(C3(c4ccsc4)CC(=O)C(c4ccccc4Cl)C(=O)N3S)c2)cnc1F. The number of hydrogen-bond acceptors (Lipinski definition) is 6. The molecule has 1 fully saturated rings. The molecule has 1 aliphatic heterocycles. The van der Waals surface area contributed by atoms with Crippen molar-refractivity contribution < 1.29 is 14.0 Å². The fraction of sp³-hybridized carbons (Fsp3) is 0.148. The van der Waals surface area contributed by atoms with Gasteiger partial charge >= 0.3 is 0 Å². The molecule has 5 rings (SSSR count). The maximum atomic E-state index is 13.7. The Labute approximate surface area is 222 Å².